The largest absolute Gasteiger partial charge is 0.481 e. The number of carboxylic acid groups (broad SMARTS) is 1. The molecular formula is C26H34N2O5S. The average Bonchev–Trinajstić information content (AvgIpc) is 3.35. The number of rotatable bonds is 9. The highest BCUT2D eigenvalue weighted by Gasteiger charge is 2.78. The monoisotopic (exact) mass is 486 g/mol. The van der Waals surface area contributed by atoms with Crippen LogP contribution >= 0.6 is 11.8 Å². The Labute approximate surface area is 205 Å². The molecule has 3 heterocycles. The van der Waals surface area contributed by atoms with Gasteiger partial charge in [0, 0.05) is 17.8 Å². The molecule has 0 radical (unpaired) electrons. The number of hydrogen-bond acceptors (Lipinski definition) is 5. The quantitative estimate of drug-likeness (QED) is 0.521. The smallest absolute Gasteiger partial charge is 0.308 e. The molecule has 3 aliphatic heterocycles. The second-order valence-electron chi connectivity index (χ2n) is 10.3. The third-order valence-corrected chi connectivity index (χ3v) is 9.89. The van der Waals surface area contributed by atoms with Crippen LogP contribution in [0, 0.1) is 17.8 Å². The van der Waals surface area contributed by atoms with Gasteiger partial charge in [0.05, 0.1) is 29.2 Å². The SMILES string of the molecule is C=CCN(Cc1ccccc1)C(=O)C1N([C@@H](CO)C(C)C)C(=O)[C@@H]2[C@@H](C(=O)O)[C@@]3(C)CCC12S3. The summed E-state index contributed by atoms with van der Waals surface area (Å²) < 4.78 is -1.41. The molecule has 0 aliphatic carbocycles. The van der Waals surface area contributed by atoms with Crippen molar-refractivity contribution >= 4 is 29.5 Å². The van der Waals surface area contributed by atoms with E-state index >= 15 is 0 Å². The molecule has 3 fully saturated rings. The van der Waals surface area contributed by atoms with E-state index in [-0.39, 0.29) is 24.3 Å². The van der Waals surface area contributed by atoms with Gasteiger partial charge in [-0.25, -0.2) is 0 Å². The Hall–Kier alpha value is -2.32. The van der Waals surface area contributed by atoms with Gasteiger partial charge in [-0.3, -0.25) is 14.4 Å². The standard InChI is InChI=1S/C26H34N2O5S/c1-5-13-27(14-17-9-7-6-8-10-17)23(31)21-26-12-11-25(4,34-26)20(24(32)33)19(26)22(30)28(21)18(15-29)16(2)3/h5-10,16,18-21,29H,1,11-15H2,2-4H3,(H,32,33)/t18-,19-,20-,21?,25+,26?/m0/s1. The molecule has 2 amide bonds. The van der Waals surface area contributed by atoms with Crippen LogP contribution in [-0.2, 0) is 20.9 Å². The number of carbonyl (C=O) groups is 3. The molecule has 0 aromatic heterocycles. The molecule has 1 aromatic carbocycles. The predicted molar refractivity (Wildman–Crippen MR) is 131 cm³/mol. The van der Waals surface area contributed by atoms with Gasteiger partial charge in [-0.2, -0.15) is 0 Å². The molecule has 2 bridgehead atoms. The highest BCUT2D eigenvalue weighted by atomic mass is 32.2. The first-order valence-electron chi connectivity index (χ1n) is 11.9. The van der Waals surface area contributed by atoms with Crippen LogP contribution in [0.25, 0.3) is 0 Å². The molecule has 7 nitrogen and oxygen atoms in total. The number of amides is 2. The highest BCUT2D eigenvalue weighted by Crippen LogP contribution is 2.71. The van der Waals surface area contributed by atoms with Crippen molar-refractivity contribution in [1.29, 1.82) is 0 Å². The lowest BCUT2D eigenvalue weighted by molar-refractivity contribution is -0.151. The average molecular weight is 487 g/mol. The van der Waals surface area contributed by atoms with Crippen LogP contribution < -0.4 is 0 Å². The number of carboxylic acids is 1. The van der Waals surface area contributed by atoms with Crippen molar-refractivity contribution in [2.24, 2.45) is 17.8 Å². The van der Waals surface area contributed by atoms with E-state index in [9.17, 15) is 24.6 Å². The minimum Gasteiger partial charge on any atom is -0.481 e. The third-order valence-electron chi connectivity index (χ3n) is 7.91. The lowest BCUT2D eigenvalue weighted by Crippen LogP contribution is -2.58. The summed E-state index contributed by atoms with van der Waals surface area (Å²) >= 11 is 1.52. The first kappa shape index (κ1) is 24.8. The number of aliphatic hydroxyl groups is 1. The lowest BCUT2D eigenvalue weighted by atomic mass is 9.66. The molecule has 3 saturated heterocycles. The van der Waals surface area contributed by atoms with Crippen LogP contribution in [0.3, 0.4) is 0 Å². The molecule has 184 valence electrons. The molecular weight excluding hydrogens is 452 g/mol. The van der Waals surface area contributed by atoms with Crippen molar-refractivity contribution in [2.45, 2.75) is 61.7 Å². The first-order valence-corrected chi connectivity index (χ1v) is 12.7. The van der Waals surface area contributed by atoms with Crippen molar-refractivity contribution in [3.63, 3.8) is 0 Å². The topological polar surface area (TPSA) is 98.2 Å². The van der Waals surface area contributed by atoms with E-state index in [1.54, 1.807) is 15.9 Å². The van der Waals surface area contributed by atoms with E-state index in [4.69, 9.17) is 0 Å². The zero-order valence-electron chi connectivity index (χ0n) is 20.0. The Morgan fingerprint density at radius 1 is 1.29 bits per heavy atom. The molecule has 3 aliphatic rings. The zero-order chi connectivity index (χ0) is 24.8. The van der Waals surface area contributed by atoms with Crippen LogP contribution in [0.15, 0.2) is 43.0 Å². The van der Waals surface area contributed by atoms with E-state index in [0.717, 1.165) is 5.56 Å². The molecule has 8 heteroatoms. The van der Waals surface area contributed by atoms with E-state index in [1.165, 1.54) is 11.8 Å². The van der Waals surface area contributed by atoms with Gasteiger partial charge < -0.3 is 20.0 Å². The van der Waals surface area contributed by atoms with Gasteiger partial charge in [0.2, 0.25) is 11.8 Å². The number of thioether (sulfide) groups is 1. The molecule has 1 spiro atoms. The minimum absolute atomic E-state index is 0.0949. The maximum absolute atomic E-state index is 14.3. The Balaban J connectivity index is 1.81. The number of aliphatic hydroxyl groups excluding tert-OH is 1. The van der Waals surface area contributed by atoms with E-state index in [2.05, 4.69) is 6.58 Å². The number of benzene rings is 1. The molecule has 2 N–H and O–H groups in total. The second kappa shape index (κ2) is 9.04. The zero-order valence-corrected chi connectivity index (χ0v) is 20.8. The summed E-state index contributed by atoms with van der Waals surface area (Å²) in [7, 11) is 0. The summed E-state index contributed by atoms with van der Waals surface area (Å²) in [6.07, 6.45) is 2.91. The second-order valence-corrected chi connectivity index (χ2v) is 12.2. The number of hydrogen-bond donors (Lipinski definition) is 2. The summed E-state index contributed by atoms with van der Waals surface area (Å²) in [5.41, 5.74) is 0.962. The van der Waals surface area contributed by atoms with Crippen LogP contribution in [0.2, 0.25) is 0 Å². The fourth-order valence-electron chi connectivity index (χ4n) is 6.36. The van der Waals surface area contributed by atoms with Gasteiger partial charge >= 0.3 is 5.97 Å². The fourth-order valence-corrected chi connectivity index (χ4v) is 8.69. The molecule has 6 atom stereocenters. The summed E-state index contributed by atoms with van der Waals surface area (Å²) in [5.74, 6) is -3.23. The van der Waals surface area contributed by atoms with E-state index in [0.29, 0.717) is 25.9 Å². The number of nitrogens with zero attached hydrogens (tertiary/aromatic N) is 2. The Bertz CT molecular complexity index is 985. The fraction of sp³-hybridized carbons (Fsp3) is 0.577. The van der Waals surface area contributed by atoms with Crippen molar-refractivity contribution in [3.8, 4) is 0 Å². The number of fused-ring (bicyclic) bond motifs is 1. The molecule has 1 aromatic rings. The minimum atomic E-state index is -0.986. The van der Waals surface area contributed by atoms with Gasteiger partial charge in [0.25, 0.3) is 0 Å². The molecule has 34 heavy (non-hydrogen) atoms. The van der Waals surface area contributed by atoms with Crippen molar-refractivity contribution in [3.05, 3.63) is 48.6 Å². The Kier molecular flexibility index (Phi) is 6.59. The normalized spacial score (nSPS) is 32.7. The molecule has 0 saturated carbocycles. The first-order chi connectivity index (χ1) is 16.1. The van der Waals surface area contributed by atoms with Gasteiger partial charge in [0.1, 0.15) is 6.04 Å². The van der Waals surface area contributed by atoms with Crippen molar-refractivity contribution < 1.29 is 24.6 Å². The van der Waals surface area contributed by atoms with Crippen LogP contribution in [0.1, 0.15) is 39.2 Å². The summed E-state index contributed by atoms with van der Waals surface area (Å²) in [4.78, 5) is 43.8. The van der Waals surface area contributed by atoms with Gasteiger partial charge in [-0.1, -0.05) is 50.3 Å². The van der Waals surface area contributed by atoms with E-state index < -0.39 is 39.4 Å². The van der Waals surface area contributed by atoms with Gasteiger partial charge in [0.15, 0.2) is 0 Å². The number of carbonyl (C=O) groups excluding carboxylic acids is 2. The van der Waals surface area contributed by atoms with Crippen LogP contribution in [0.5, 0.6) is 0 Å². The highest BCUT2D eigenvalue weighted by molar-refractivity contribution is 8.02. The van der Waals surface area contributed by atoms with Crippen molar-refractivity contribution in [1.82, 2.24) is 9.80 Å². The maximum Gasteiger partial charge on any atom is 0.308 e. The van der Waals surface area contributed by atoms with E-state index in [1.807, 2.05) is 51.1 Å². The summed E-state index contributed by atoms with van der Waals surface area (Å²) in [5, 5.41) is 20.4. The molecule has 2 unspecified atom stereocenters. The summed E-state index contributed by atoms with van der Waals surface area (Å²) in [6, 6.07) is 8.25. The van der Waals surface area contributed by atoms with Crippen molar-refractivity contribution in [2.75, 3.05) is 13.2 Å². The summed E-state index contributed by atoms with van der Waals surface area (Å²) in [6.45, 7) is 9.95. The molecule has 4 rings (SSSR count). The third kappa shape index (κ3) is 3.66. The van der Waals surface area contributed by atoms with Gasteiger partial charge in [-0.05, 0) is 31.2 Å². The predicted octanol–water partition coefficient (Wildman–Crippen LogP) is 2.78. The van der Waals surface area contributed by atoms with Crippen LogP contribution in [-0.4, -0.2) is 72.5 Å². The maximum atomic E-state index is 14.3. The Morgan fingerprint density at radius 3 is 2.53 bits per heavy atom. The number of likely N-dealkylation sites (tertiary alicyclic amines) is 1. The lowest BCUT2D eigenvalue weighted by Gasteiger charge is -2.40. The van der Waals surface area contributed by atoms with Gasteiger partial charge in [-0.15, -0.1) is 18.3 Å². The number of aliphatic carboxylic acids is 1. The Morgan fingerprint density at radius 2 is 1.97 bits per heavy atom. The van der Waals surface area contributed by atoms with Crippen LogP contribution in [0.4, 0.5) is 0 Å².